The van der Waals surface area contributed by atoms with Crippen LogP contribution in [0.2, 0.25) is 15.1 Å². The summed E-state index contributed by atoms with van der Waals surface area (Å²) < 4.78 is 29.9. The third-order valence-electron chi connectivity index (χ3n) is 3.68. The van der Waals surface area contributed by atoms with Gasteiger partial charge in [0.25, 0.3) is 10.0 Å². The zero-order valence-corrected chi connectivity index (χ0v) is 18.5. The molecule has 142 valence electrons. The Labute approximate surface area is 180 Å². The van der Waals surface area contributed by atoms with Gasteiger partial charge in [0.15, 0.2) is 5.82 Å². The fourth-order valence-electron chi connectivity index (χ4n) is 2.32. The highest BCUT2D eigenvalue weighted by molar-refractivity contribution is 9.10. The standard InChI is InChI=1S/C17H13BrCl3N3O2S/c1-10-2-4-11(5-3-10)8-24-9-12(18)17(22-24)23-27(25,26)16-7-14(20)13(19)6-15(16)21/h2-7,9H,8H2,1H3,(H,22,23). The molecule has 5 nitrogen and oxygen atoms in total. The second-order valence-corrected chi connectivity index (χ2v) is 9.54. The quantitative estimate of drug-likeness (QED) is 0.445. The van der Waals surface area contributed by atoms with Gasteiger partial charge in [0.05, 0.1) is 26.1 Å². The Morgan fingerprint density at radius 2 is 1.70 bits per heavy atom. The highest BCUT2D eigenvalue weighted by Crippen LogP contribution is 2.33. The lowest BCUT2D eigenvalue weighted by Crippen LogP contribution is -2.14. The first kappa shape index (κ1) is 20.5. The van der Waals surface area contributed by atoms with Crippen LogP contribution in [0.5, 0.6) is 0 Å². The number of hydrogen-bond donors (Lipinski definition) is 1. The van der Waals surface area contributed by atoms with Gasteiger partial charge < -0.3 is 0 Å². The predicted octanol–water partition coefficient (Wildman–Crippen LogP) is 5.76. The number of benzene rings is 2. The zero-order valence-electron chi connectivity index (χ0n) is 13.9. The summed E-state index contributed by atoms with van der Waals surface area (Å²) in [5.41, 5.74) is 2.20. The Kier molecular flexibility index (Phi) is 6.08. The predicted molar refractivity (Wildman–Crippen MR) is 112 cm³/mol. The van der Waals surface area contributed by atoms with Crippen molar-refractivity contribution in [2.75, 3.05) is 4.72 Å². The average molecular weight is 510 g/mol. The van der Waals surface area contributed by atoms with Crippen molar-refractivity contribution >= 4 is 66.6 Å². The first-order valence-electron chi connectivity index (χ1n) is 7.61. The molecule has 10 heteroatoms. The van der Waals surface area contributed by atoms with Gasteiger partial charge >= 0.3 is 0 Å². The summed E-state index contributed by atoms with van der Waals surface area (Å²) in [6.07, 6.45) is 1.69. The summed E-state index contributed by atoms with van der Waals surface area (Å²) in [7, 11) is -4.00. The lowest BCUT2D eigenvalue weighted by Gasteiger charge is -2.09. The molecule has 0 saturated heterocycles. The first-order chi connectivity index (χ1) is 12.7. The highest BCUT2D eigenvalue weighted by Gasteiger charge is 2.22. The zero-order chi connectivity index (χ0) is 19.8. The van der Waals surface area contributed by atoms with Crippen LogP contribution >= 0.6 is 50.7 Å². The fraction of sp³-hybridized carbons (Fsp3) is 0.118. The number of nitrogens with one attached hydrogen (secondary N) is 1. The lowest BCUT2D eigenvalue weighted by atomic mass is 10.1. The maximum atomic E-state index is 12.7. The molecule has 0 unspecified atom stereocenters. The summed E-state index contributed by atoms with van der Waals surface area (Å²) in [4.78, 5) is -0.182. The number of aryl methyl sites for hydroxylation is 1. The summed E-state index contributed by atoms with van der Waals surface area (Å²) in [6.45, 7) is 2.50. The Bertz CT molecular complexity index is 1100. The number of anilines is 1. The van der Waals surface area contributed by atoms with Crippen molar-refractivity contribution in [1.82, 2.24) is 9.78 Å². The maximum absolute atomic E-state index is 12.7. The van der Waals surface area contributed by atoms with E-state index in [0.29, 0.717) is 11.0 Å². The number of hydrogen-bond acceptors (Lipinski definition) is 3. The van der Waals surface area contributed by atoms with E-state index in [-0.39, 0.29) is 25.8 Å². The van der Waals surface area contributed by atoms with Gasteiger partial charge in [0.1, 0.15) is 4.90 Å². The van der Waals surface area contributed by atoms with Gasteiger partial charge in [-0.1, -0.05) is 64.6 Å². The van der Waals surface area contributed by atoms with Gasteiger partial charge in [-0.25, -0.2) is 8.42 Å². The molecule has 0 saturated carbocycles. The molecule has 1 N–H and O–H groups in total. The van der Waals surface area contributed by atoms with Gasteiger partial charge in [-0.05, 0) is 40.5 Å². The van der Waals surface area contributed by atoms with Gasteiger partial charge in [0.2, 0.25) is 0 Å². The first-order valence-corrected chi connectivity index (χ1v) is 11.0. The van der Waals surface area contributed by atoms with Crippen molar-refractivity contribution in [1.29, 1.82) is 0 Å². The molecular formula is C17H13BrCl3N3O2S. The second-order valence-electron chi connectivity index (χ2n) is 5.81. The van der Waals surface area contributed by atoms with E-state index in [1.165, 1.54) is 12.1 Å². The SMILES string of the molecule is Cc1ccc(Cn2cc(Br)c(NS(=O)(=O)c3cc(Cl)c(Cl)cc3Cl)n2)cc1. The molecule has 2 aromatic carbocycles. The summed E-state index contributed by atoms with van der Waals surface area (Å²) in [5, 5.41) is 4.51. The Hall–Kier alpha value is -1.25. The minimum Gasteiger partial charge on any atom is -0.265 e. The van der Waals surface area contributed by atoms with Crippen LogP contribution in [0.15, 0.2) is 52.0 Å². The van der Waals surface area contributed by atoms with E-state index < -0.39 is 10.0 Å². The average Bonchev–Trinajstić information content (AvgIpc) is 2.91. The number of rotatable bonds is 5. The third kappa shape index (κ3) is 4.78. The van der Waals surface area contributed by atoms with Crippen LogP contribution in [0.25, 0.3) is 0 Å². The van der Waals surface area contributed by atoms with Crippen molar-refractivity contribution in [2.45, 2.75) is 18.4 Å². The molecular weight excluding hydrogens is 497 g/mol. The normalized spacial score (nSPS) is 11.6. The molecule has 1 aromatic heterocycles. The summed E-state index contributed by atoms with van der Waals surface area (Å²) >= 11 is 21.1. The van der Waals surface area contributed by atoms with Crippen LogP contribution in [0, 0.1) is 6.92 Å². The Balaban J connectivity index is 1.86. The van der Waals surface area contributed by atoms with Crippen molar-refractivity contribution in [3.8, 4) is 0 Å². The van der Waals surface area contributed by atoms with E-state index in [1.807, 2.05) is 31.2 Å². The largest absolute Gasteiger partial charge is 0.265 e. The minimum atomic E-state index is -4.00. The summed E-state index contributed by atoms with van der Waals surface area (Å²) in [6, 6.07) is 10.5. The molecule has 27 heavy (non-hydrogen) atoms. The molecule has 0 aliphatic rings. The van der Waals surface area contributed by atoms with Crippen molar-refractivity contribution in [2.24, 2.45) is 0 Å². The van der Waals surface area contributed by atoms with E-state index in [2.05, 4.69) is 25.8 Å². The maximum Gasteiger partial charge on any atom is 0.264 e. The van der Waals surface area contributed by atoms with Crippen LogP contribution in [0.4, 0.5) is 5.82 Å². The molecule has 0 spiro atoms. The second kappa shape index (κ2) is 8.01. The number of aromatic nitrogens is 2. The smallest absolute Gasteiger partial charge is 0.264 e. The van der Waals surface area contributed by atoms with Crippen LogP contribution in [0.3, 0.4) is 0 Å². The van der Waals surface area contributed by atoms with Crippen LogP contribution in [0.1, 0.15) is 11.1 Å². The topological polar surface area (TPSA) is 64.0 Å². The molecule has 3 aromatic rings. The number of nitrogens with zero attached hydrogens (tertiary/aromatic N) is 2. The molecule has 0 aliphatic carbocycles. The minimum absolute atomic E-state index is 0.0351. The van der Waals surface area contributed by atoms with Crippen LogP contribution < -0.4 is 4.72 Å². The van der Waals surface area contributed by atoms with E-state index >= 15 is 0 Å². The van der Waals surface area contributed by atoms with Crippen LogP contribution in [-0.4, -0.2) is 18.2 Å². The van der Waals surface area contributed by atoms with Crippen LogP contribution in [-0.2, 0) is 16.6 Å². The lowest BCUT2D eigenvalue weighted by molar-refractivity contribution is 0.600. The number of halogens is 4. The van der Waals surface area contributed by atoms with Crippen molar-refractivity contribution < 1.29 is 8.42 Å². The van der Waals surface area contributed by atoms with Gasteiger partial charge in [-0.15, -0.1) is 0 Å². The number of sulfonamides is 1. The van der Waals surface area contributed by atoms with Gasteiger partial charge in [-0.2, -0.15) is 5.10 Å². The Morgan fingerprint density at radius 1 is 1.07 bits per heavy atom. The fourth-order valence-corrected chi connectivity index (χ4v) is 4.89. The van der Waals surface area contributed by atoms with Crippen molar-refractivity contribution in [3.63, 3.8) is 0 Å². The van der Waals surface area contributed by atoms with E-state index in [9.17, 15) is 8.42 Å². The molecule has 1 heterocycles. The molecule has 3 rings (SSSR count). The molecule has 0 amide bonds. The highest BCUT2D eigenvalue weighted by atomic mass is 79.9. The van der Waals surface area contributed by atoms with E-state index in [0.717, 1.165) is 11.1 Å². The van der Waals surface area contributed by atoms with Gasteiger partial charge in [0, 0.05) is 6.20 Å². The molecule has 0 aliphatic heterocycles. The molecule has 0 atom stereocenters. The monoisotopic (exact) mass is 507 g/mol. The van der Waals surface area contributed by atoms with Crippen molar-refractivity contribution in [3.05, 3.63) is 73.3 Å². The van der Waals surface area contributed by atoms with E-state index in [1.54, 1.807) is 10.9 Å². The molecule has 0 bridgehead atoms. The molecule has 0 fully saturated rings. The third-order valence-corrected chi connectivity index (χ3v) is 6.78. The van der Waals surface area contributed by atoms with Gasteiger partial charge in [-0.3, -0.25) is 9.40 Å². The Morgan fingerprint density at radius 3 is 2.37 bits per heavy atom. The molecule has 0 radical (unpaired) electrons. The summed E-state index contributed by atoms with van der Waals surface area (Å²) in [5.74, 6) is 0.143. The van der Waals surface area contributed by atoms with E-state index in [4.69, 9.17) is 34.8 Å².